The van der Waals surface area contributed by atoms with Gasteiger partial charge in [0.15, 0.2) is 5.83 Å². The van der Waals surface area contributed by atoms with Gasteiger partial charge in [0.1, 0.15) is 17.8 Å². The van der Waals surface area contributed by atoms with Gasteiger partial charge in [-0.1, -0.05) is 0 Å². The van der Waals surface area contributed by atoms with E-state index in [0.717, 1.165) is 13.8 Å². The maximum absolute atomic E-state index is 12.2. The van der Waals surface area contributed by atoms with Crippen LogP contribution in [-0.2, 0) is 0 Å². The predicted octanol–water partition coefficient (Wildman–Crippen LogP) is 3.37. The molecule has 64 valence electrons. The summed E-state index contributed by atoms with van der Waals surface area (Å²) in [5.41, 5.74) is 0. The lowest BCUT2D eigenvalue weighted by atomic mass is 10.3. The highest BCUT2D eigenvalue weighted by atomic mass is 19.2. The Morgan fingerprint density at radius 1 is 1.27 bits per heavy atom. The SMILES string of the molecule is C/C(F)=C(F)\C=C(\F)C(C)F. The lowest BCUT2D eigenvalue weighted by Gasteiger charge is -1.95. The molecule has 0 aliphatic heterocycles. The normalized spacial score (nSPS) is 17.8. The van der Waals surface area contributed by atoms with Crippen molar-refractivity contribution in [2.45, 2.75) is 20.0 Å². The molecule has 0 aliphatic rings. The van der Waals surface area contributed by atoms with Crippen molar-refractivity contribution in [1.29, 1.82) is 0 Å². The number of rotatable bonds is 2. The molecule has 11 heavy (non-hydrogen) atoms. The molecule has 0 amide bonds. The second-order valence-corrected chi connectivity index (χ2v) is 2.03. The Labute approximate surface area is 62.2 Å². The van der Waals surface area contributed by atoms with Gasteiger partial charge in [-0.25, -0.2) is 17.6 Å². The summed E-state index contributed by atoms with van der Waals surface area (Å²) in [6.45, 7) is 1.72. The molecule has 0 aromatic heterocycles. The first-order valence-corrected chi connectivity index (χ1v) is 2.98. The largest absolute Gasteiger partial charge is 0.240 e. The van der Waals surface area contributed by atoms with Crippen LogP contribution in [0.2, 0.25) is 0 Å². The van der Waals surface area contributed by atoms with Gasteiger partial charge in [-0.15, -0.1) is 0 Å². The van der Waals surface area contributed by atoms with Crippen molar-refractivity contribution in [1.82, 2.24) is 0 Å². The van der Waals surface area contributed by atoms with Crippen LogP contribution in [0, 0.1) is 0 Å². The summed E-state index contributed by atoms with van der Waals surface area (Å²) >= 11 is 0. The van der Waals surface area contributed by atoms with Crippen LogP contribution < -0.4 is 0 Å². The first-order valence-electron chi connectivity index (χ1n) is 2.98. The van der Waals surface area contributed by atoms with E-state index in [4.69, 9.17) is 0 Å². The molecule has 0 nitrogen and oxygen atoms in total. The molecule has 4 heteroatoms. The Bertz CT molecular complexity index is 187. The zero-order valence-corrected chi connectivity index (χ0v) is 6.17. The van der Waals surface area contributed by atoms with E-state index >= 15 is 0 Å². The van der Waals surface area contributed by atoms with Crippen molar-refractivity contribution >= 4 is 0 Å². The molecule has 0 aliphatic carbocycles. The average Bonchev–Trinajstić information content (AvgIpc) is 1.87. The fourth-order valence-corrected chi connectivity index (χ4v) is 0.335. The van der Waals surface area contributed by atoms with Crippen molar-refractivity contribution in [2.24, 2.45) is 0 Å². The fraction of sp³-hybridized carbons (Fsp3) is 0.429. The lowest BCUT2D eigenvalue weighted by molar-refractivity contribution is 0.348. The van der Waals surface area contributed by atoms with Crippen molar-refractivity contribution < 1.29 is 17.6 Å². The van der Waals surface area contributed by atoms with Gasteiger partial charge in [-0.2, -0.15) is 0 Å². The van der Waals surface area contributed by atoms with Gasteiger partial charge in [0.2, 0.25) is 0 Å². The number of alkyl halides is 1. The van der Waals surface area contributed by atoms with E-state index < -0.39 is 23.7 Å². The summed E-state index contributed by atoms with van der Waals surface area (Å²) in [5.74, 6) is -3.87. The maximum Gasteiger partial charge on any atom is 0.156 e. The average molecular weight is 168 g/mol. The summed E-state index contributed by atoms with van der Waals surface area (Å²) in [5, 5.41) is 0. The van der Waals surface area contributed by atoms with Gasteiger partial charge in [0.05, 0.1) is 0 Å². The highest BCUT2D eigenvalue weighted by Gasteiger charge is 2.07. The number of hydrogen-bond donors (Lipinski definition) is 0. The third-order valence-corrected chi connectivity index (χ3v) is 0.974. The lowest BCUT2D eigenvalue weighted by Crippen LogP contribution is -1.92. The molecule has 0 aromatic carbocycles. The van der Waals surface area contributed by atoms with Crippen LogP contribution in [-0.4, -0.2) is 6.17 Å². The van der Waals surface area contributed by atoms with Gasteiger partial charge in [0, 0.05) is 6.08 Å². The van der Waals surface area contributed by atoms with Crippen LogP contribution >= 0.6 is 0 Å². The van der Waals surface area contributed by atoms with E-state index in [1.807, 2.05) is 0 Å². The zero-order chi connectivity index (χ0) is 9.02. The second kappa shape index (κ2) is 4.16. The highest BCUT2D eigenvalue weighted by molar-refractivity contribution is 5.17. The van der Waals surface area contributed by atoms with E-state index in [-0.39, 0.29) is 6.08 Å². The molecule has 0 saturated heterocycles. The maximum atomic E-state index is 12.2. The molecule has 0 rings (SSSR count). The van der Waals surface area contributed by atoms with E-state index in [9.17, 15) is 17.6 Å². The van der Waals surface area contributed by atoms with Crippen LogP contribution in [0.15, 0.2) is 23.6 Å². The molecule has 1 unspecified atom stereocenters. The molecular weight excluding hydrogens is 160 g/mol. The smallest absolute Gasteiger partial charge is 0.156 e. The molecule has 0 N–H and O–H groups in total. The molecule has 0 saturated carbocycles. The van der Waals surface area contributed by atoms with Crippen LogP contribution in [0.3, 0.4) is 0 Å². The Balaban J connectivity index is 4.44. The third kappa shape index (κ3) is 3.80. The number of halogens is 4. The molecule has 0 fully saturated rings. The van der Waals surface area contributed by atoms with Gasteiger partial charge in [-0.05, 0) is 13.8 Å². The van der Waals surface area contributed by atoms with Crippen LogP contribution in [0.1, 0.15) is 13.8 Å². The summed E-state index contributed by atoms with van der Waals surface area (Å²) in [4.78, 5) is 0. The molecule has 0 bridgehead atoms. The number of allylic oxidation sites excluding steroid dienone is 4. The Morgan fingerprint density at radius 2 is 1.73 bits per heavy atom. The Kier molecular flexibility index (Phi) is 3.85. The Hall–Kier alpha value is -0.800. The van der Waals surface area contributed by atoms with E-state index in [0.29, 0.717) is 0 Å². The zero-order valence-electron chi connectivity index (χ0n) is 6.17. The topological polar surface area (TPSA) is 0 Å². The van der Waals surface area contributed by atoms with Crippen LogP contribution in [0.5, 0.6) is 0 Å². The molecular formula is C7H8F4. The van der Waals surface area contributed by atoms with Crippen LogP contribution in [0.4, 0.5) is 17.6 Å². The fourth-order valence-electron chi connectivity index (χ4n) is 0.335. The highest BCUT2D eigenvalue weighted by Crippen LogP contribution is 2.15. The minimum absolute atomic E-state index is 0.194. The van der Waals surface area contributed by atoms with Crippen LogP contribution in [0.25, 0.3) is 0 Å². The van der Waals surface area contributed by atoms with E-state index in [1.54, 1.807) is 0 Å². The Morgan fingerprint density at radius 3 is 2.00 bits per heavy atom. The summed E-state index contributed by atoms with van der Waals surface area (Å²) in [6, 6.07) is 0. The standard InChI is InChI=1S/C7H8F4/c1-4(8)6(10)3-7(11)5(2)9/h3-4H,1-2H3/b6-3+,7-5-. The summed E-state index contributed by atoms with van der Waals surface area (Å²) < 4.78 is 48.2. The van der Waals surface area contributed by atoms with E-state index in [2.05, 4.69) is 0 Å². The van der Waals surface area contributed by atoms with Crippen molar-refractivity contribution in [3.05, 3.63) is 23.6 Å². The van der Waals surface area contributed by atoms with Crippen molar-refractivity contribution in [2.75, 3.05) is 0 Å². The quantitative estimate of drug-likeness (QED) is 0.438. The van der Waals surface area contributed by atoms with Crippen molar-refractivity contribution in [3.63, 3.8) is 0 Å². The molecule has 0 radical (unpaired) electrons. The first-order chi connectivity index (χ1) is 4.95. The van der Waals surface area contributed by atoms with Gasteiger partial charge in [-0.3, -0.25) is 0 Å². The van der Waals surface area contributed by atoms with Gasteiger partial charge < -0.3 is 0 Å². The third-order valence-electron chi connectivity index (χ3n) is 0.974. The minimum atomic E-state index is -1.90. The van der Waals surface area contributed by atoms with Crippen molar-refractivity contribution in [3.8, 4) is 0 Å². The van der Waals surface area contributed by atoms with E-state index in [1.165, 1.54) is 0 Å². The molecule has 1 atom stereocenters. The second-order valence-electron chi connectivity index (χ2n) is 2.03. The monoisotopic (exact) mass is 168 g/mol. The molecule has 0 aromatic rings. The summed E-state index contributed by atoms with van der Waals surface area (Å²) in [7, 11) is 0. The molecule has 0 heterocycles. The van der Waals surface area contributed by atoms with Gasteiger partial charge >= 0.3 is 0 Å². The molecule has 0 spiro atoms. The number of hydrogen-bond acceptors (Lipinski definition) is 0. The summed E-state index contributed by atoms with van der Waals surface area (Å²) in [6.07, 6.45) is -1.71. The minimum Gasteiger partial charge on any atom is -0.240 e. The van der Waals surface area contributed by atoms with Gasteiger partial charge in [0.25, 0.3) is 0 Å². The first kappa shape index (κ1) is 10.2. The predicted molar refractivity (Wildman–Crippen MR) is 34.7 cm³/mol.